The highest BCUT2D eigenvalue weighted by Crippen LogP contribution is 2.29. The first kappa shape index (κ1) is 23.2. The van der Waals surface area contributed by atoms with Crippen molar-refractivity contribution in [1.29, 1.82) is 0 Å². The Morgan fingerprint density at radius 1 is 1.12 bits per heavy atom. The second kappa shape index (κ2) is 10.3. The Hall–Kier alpha value is -4.01. The van der Waals surface area contributed by atoms with Gasteiger partial charge in [-0.1, -0.05) is 37.3 Å². The van der Waals surface area contributed by atoms with Crippen molar-refractivity contribution in [2.24, 2.45) is 5.92 Å². The number of fused-ring (bicyclic) bond motifs is 1. The minimum Gasteiger partial charge on any atom is -0.467 e. The summed E-state index contributed by atoms with van der Waals surface area (Å²) in [6.07, 6.45) is 2.21. The van der Waals surface area contributed by atoms with Gasteiger partial charge < -0.3 is 9.73 Å². The molecule has 8 nitrogen and oxygen atoms in total. The van der Waals surface area contributed by atoms with Crippen LogP contribution >= 0.6 is 0 Å². The third-order valence-corrected chi connectivity index (χ3v) is 5.40. The van der Waals surface area contributed by atoms with E-state index in [2.05, 4.69) is 29.5 Å². The number of para-hydroxylation sites is 1. The molecule has 0 unspecified atom stereocenters. The van der Waals surface area contributed by atoms with Gasteiger partial charge in [0, 0.05) is 12.2 Å². The Morgan fingerprint density at radius 2 is 1.94 bits per heavy atom. The quantitative estimate of drug-likeness (QED) is 0.403. The van der Waals surface area contributed by atoms with Crippen LogP contribution in [0, 0.1) is 11.7 Å². The molecule has 2 amide bonds. The summed E-state index contributed by atoms with van der Waals surface area (Å²) in [5, 5.41) is 11.1. The molecular weight excluding hydrogens is 437 g/mol. The zero-order valence-electron chi connectivity index (χ0n) is 19.0. The van der Waals surface area contributed by atoms with E-state index >= 15 is 0 Å². The van der Waals surface area contributed by atoms with Gasteiger partial charge in [0.2, 0.25) is 5.91 Å². The highest BCUT2D eigenvalue weighted by Gasteiger charge is 2.35. The minimum atomic E-state index is -1.13. The van der Waals surface area contributed by atoms with E-state index in [-0.39, 0.29) is 18.0 Å². The Kier molecular flexibility index (Phi) is 7.01. The Bertz CT molecular complexity index is 1270. The number of benzene rings is 2. The second-order valence-corrected chi connectivity index (χ2v) is 8.37. The first-order chi connectivity index (χ1) is 16.4. The van der Waals surface area contributed by atoms with E-state index in [1.807, 2.05) is 12.1 Å². The van der Waals surface area contributed by atoms with E-state index in [1.54, 1.807) is 30.3 Å². The number of carbonyl (C=O) groups is 2. The fourth-order valence-corrected chi connectivity index (χ4v) is 3.70. The van der Waals surface area contributed by atoms with Gasteiger partial charge in [0.15, 0.2) is 6.04 Å². The predicted molar refractivity (Wildman–Crippen MR) is 125 cm³/mol. The van der Waals surface area contributed by atoms with E-state index in [4.69, 9.17) is 4.42 Å². The van der Waals surface area contributed by atoms with Crippen molar-refractivity contribution in [3.05, 3.63) is 78.5 Å². The molecule has 1 N–H and O–H groups in total. The molecule has 9 heteroatoms. The number of amides is 2. The van der Waals surface area contributed by atoms with Crippen LogP contribution in [0.4, 0.5) is 10.1 Å². The lowest BCUT2D eigenvalue weighted by atomic mass is 10.1. The van der Waals surface area contributed by atoms with Crippen LogP contribution in [0.25, 0.3) is 11.0 Å². The maximum Gasteiger partial charge on any atom is 0.251 e. The molecule has 0 fully saturated rings. The van der Waals surface area contributed by atoms with E-state index in [9.17, 15) is 14.0 Å². The van der Waals surface area contributed by atoms with Gasteiger partial charge in [-0.15, -0.1) is 5.10 Å². The fraction of sp³-hybridized carbons (Fsp3) is 0.280. The second-order valence-electron chi connectivity index (χ2n) is 8.37. The van der Waals surface area contributed by atoms with Gasteiger partial charge in [0.25, 0.3) is 5.91 Å². The van der Waals surface area contributed by atoms with Crippen molar-refractivity contribution in [3.8, 4) is 0 Å². The average molecular weight is 464 g/mol. The Labute approximate surface area is 196 Å². The van der Waals surface area contributed by atoms with E-state index < -0.39 is 23.7 Å². The number of carbonyl (C=O) groups excluding carboxylic acids is 2. The molecule has 0 spiro atoms. The summed E-state index contributed by atoms with van der Waals surface area (Å²) >= 11 is 0. The lowest BCUT2D eigenvalue weighted by molar-refractivity contribution is -0.127. The van der Waals surface area contributed by atoms with Crippen LogP contribution in [-0.2, 0) is 16.1 Å². The molecule has 0 saturated heterocycles. The average Bonchev–Trinajstić information content (AvgIpc) is 3.47. The van der Waals surface area contributed by atoms with Gasteiger partial charge in [-0.25, -0.2) is 9.07 Å². The van der Waals surface area contributed by atoms with Crippen molar-refractivity contribution in [2.45, 2.75) is 32.9 Å². The van der Waals surface area contributed by atoms with Gasteiger partial charge in [0.05, 0.1) is 11.8 Å². The minimum absolute atomic E-state index is 0.201. The van der Waals surface area contributed by atoms with Crippen molar-refractivity contribution < 1.29 is 18.4 Å². The van der Waals surface area contributed by atoms with E-state index in [0.29, 0.717) is 23.5 Å². The number of hydrogen-bond donors (Lipinski definition) is 1. The first-order valence-electron chi connectivity index (χ1n) is 11.1. The largest absolute Gasteiger partial charge is 0.467 e. The number of hydrogen-bond acceptors (Lipinski definition) is 5. The maximum absolute atomic E-state index is 14.2. The van der Waals surface area contributed by atoms with Crippen molar-refractivity contribution in [3.63, 3.8) is 0 Å². The SMILES string of the molecule is CC(C)CCNC(=O)[C@H](c1ccco1)N(C(=O)Cn1nnc2ccccc21)c1cccc(F)c1. The van der Waals surface area contributed by atoms with Crippen LogP contribution in [0.2, 0.25) is 0 Å². The number of nitrogens with one attached hydrogen (secondary N) is 1. The molecule has 0 aliphatic heterocycles. The zero-order chi connectivity index (χ0) is 24.1. The number of anilines is 1. The Morgan fingerprint density at radius 3 is 2.68 bits per heavy atom. The molecule has 2 aromatic heterocycles. The van der Waals surface area contributed by atoms with Gasteiger partial charge in [-0.05, 0) is 54.8 Å². The molecule has 176 valence electrons. The van der Waals surface area contributed by atoms with Crippen LogP contribution in [0.1, 0.15) is 32.1 Å². The topological polar surface area (TPSA) is 93.3 Å². The van der Waals surface area contributed by atoms with Crippen LogP contribution < -0.4 is 10.2 Å². The molecule has 0 aliphatic carbocycles. The summed E-state index contributed by atoms with van der Waals surface area (Å²) in [4.78, 5) is 28.3. The van der Waals surface area contributed by atoms with E-state index in [1.165, 1.54) is 34.0 Å². The molecular formula is C25H26FN5O3. The standard InChI is InChI=1S/C25H26FN5O3/c1-17(2)12-13-27-25(33)24(22-11-6-14-34-22)31(19-8-5-7-18(26)15-19)23(32)16-30-21-10-4-3-9-20(21)28-29-30/h3-11,14-15,17,24H,12-13,16H2,1-2H3,(H,27,33)/t24-/m0/s1. The molecule has 4 rings (SSSR count). The van der Waals surface area contributed by atoms with Gasteiger partial charge in [-0.3, -0.25) is 14.5 Å². The number of halogens is 1. The summed E-state index contributed by atoms with van der Waals surface area (Å²) in [6, 6.07) is 15.0. The number of furan rings is 1. The smallest absolute Gasteiger partial charge is 0.251 e. The molecule has 0 aliphatic rings. The first-order valence-corrected chi connectivity index (χ1v) is 11.1. The van der Waals surface area contributed by atoms with Crippen LogP contribution in [0.15, 0.2) is 71.3 Å². The van der Waals surface area contributed by atoms with E-state index in [0.717, 1.165) is 6.42 Å². The van der Waals surface area contributed by atoms with Gasteiger partial charge in [-0.2, -0.15) is 0 Å². The lowest BCUT2D eigenvalue weighted by Gasteiger charge is -2.30. The molecule has 0 bridgehead atoms. The summed E-state index contributed by atoms with van der Waals surface area (Å²) < 4.78 is 21.2. The summed E-state index contributed by atoms with van der Waals surface area (Å²) in [7, 11) is 0. The molecule has 34 heavy (non-hydrogen) atoms. The molecule has 0 radical (unpaired) electrons. The highest BCUT2D eigenvalue weighted by molar-refractivity contribution is 6.01. The number of aromatic nitrogens is 3. The van der Waals surface area contributed by atoms with Crippen molar-refractivity contribution >= 4 is 28.5 Å². The Balaban J connectivity index is 1.72. The van der Waals surface area contributed by atoms with Crippen LogP contribution in [0.5, 0.6) is 0 Å². The number of rotatable bonds is 9. The molecule has 4 aromatic rings. The zero-order valence-corrected chi connectivity index (χ0v) is 19.0. The normalized spacial score (nSPS) is 12.1. The monoisotopic (exact) mass is 463 g/mol. The third kappa shape index (κ3) is 5.14. The van der Waals surface area contributed by atoms with Crippen LogP contribution in [-0.4, -0.2) is 33.4 Å². The van der Waals surface area contributed by atoms with Crippen molar-refractivity contribution in [2.75, 3.05) is 11.4 Å². The van der Waals surface area contributed by atoms with Gasteiger partial charge >= 0.3 is 0 Å². The predicted octanol–water partition coefficient (Wildman–Crippen LogP) is 4.10. The fourth-order valence-electron chi connectivity index (χ4n) is 3.70. The molecule has 0 saturated carbocycles. The number of nitrogens with zero attached hydrogens (tertiary/aromatic N) is 4. The molecule has 1 atom stereocenters. The molecule has 2 aromatic carbocycles. The van der Waals surface area contributed by atoms with Crippen molar-refractivity contribution in [1.82, 2.24) is 20.3 Å². The molecule has 2 heterocycles. The maximum atomic E-state index is 14.2. The summed E-state index contributed by atoms with van der Waals surface area (Å²) in [5.41, 5.74) is 1.54. The van der Waals surface area contributed by atoms with Crippen LogP contribution in [0.3, 0.4) is 0 Å². The summed E-state index contributed by atoms with van der Waals surface area (Å²) in [6.45, 7) is 4.35. The third-order valence-electron chi connectivity index (χ3n) is 5.40. The lowest BCUT2D eigenvalue weighted by Crippen LogP contribution is -2.45. The summed E-state index contributed by atoms with van der Waals surface area (Å²) in [5.74, 6) is -0.759. The highest BCUT2D eigenvalue weighted by atomic mass is 19.1. The van der Waals surface area contributed by atoms with Gasteiger partial charge in [0.1, 0.15) is 23.6 Å².